The van der Waals surface area contributed by atoms with Gasteiger partial charge in [-0.3, -0.25) is 4.79 Å². The predicted molar refractivity (Wildman–Crippen MR) is 58.8 cm³/mol. The molecule has 1 atom stereocenters. The molecule has 0 spiro atoms. The van der Waals surface area contributed by atoms with Crippen molar-refractivity contribution in [2.75, 3.05) is 19.8 Å². The molecule has 1 N–H and O–H groups in total. The monoisotopic (exact) mass is 221 g/mol. The van der Waals surface area contributed by atoms with E-state index in [0.717, 1.165) is 5.56 Å². The Labute approximate surface area is 94.6 Å². The number of benzene rings is 1. The van der Waals surface area contributed by atoms with Gasteiger partial charge in [-0.25, -0.2) is 0 Å². The normalized spacial score (nSPS) is 20.4. The van der Waals surface area contributed by atoms with Crippen LogP contribution in [0, 0.1) is 0 Å². The molecule has 0 unspecified atom stereocenters. The lowest BCUT2D eigenvalue weighted by Gasteiger charge is -2.22. The van der Waals surface area contributed by atoms with Gasteiger partial charge in [0, 0.05) is 6.54 Å². The van der Waals surface area contributed by atoms with Gasteiger partial charge in [0.1, 0.15) is 12.6 Å². The molecule has 0 aliphatic carbocycles. The van der Waals surface area contributed by atoms with Crippen LogP contribution in [0.3, 0.4) is 0 Å². The first-order chi connectivity index (χ1) is 7.86. The highest BCUT2D eigenvalue weighted by Gasteiger charge is 2.22. The molecule has 1 fully saturated rings. The number of nitrogens with one attached hydrogen (secondary N) is 1. The van der Waals surface area contributed by atoms with Gasteiger partial charge < -0.3 is 14.8 Å². The van der Waals surface area contributed by atoms with E-state index in [0.29, 0.717) is 26.4 Å². The average Bonchev–Trinajstić information content (AvgIpc) is 2.38. The van der Waals surface area contributed by atoms with Gasteiger partial charge in [0.2, 0.25) is 0 Å². The van der Waals surface area contributed by atoms with Crippen molar-refractivity contribution in [2.24, 2.45) is 0 Å². The summed E-state index contributed by atoms with van der Waals surface area (Å²) in [5.74, 6) is -0.247. The highest BCUT2D eigenvalue weighted by molar-refractivity contribution is 5.76. The summed E-state index contributed by atoms with van der Waals surface area (Å²) in [5.41, 5.74) is 0.993. The molecule has 86 valence electrons. The van der Waals surface area contributed by atoms with E-state index in [1.54, 1.807) is 0 Å². The number of carbonyl (C=O) groups excluding carboxylic acids is 1. The Kier molecular flexibility index (Phi) is 3.91. The van der Waals surface area contributed by atoms with Crippen molar-refractivity contribution >= 4 is 5.97 Å². The summed E-state index contributed by atoms with van der Waals surface area (Å²) < 4.78 is 10.4. The number of rotatable bonds is 3. The minimum absolute atomic E-state index is 0.247. The van der Waals surface area contributed by atoms with Crippen molar-refractivity contribution in [3.63, 3.8) is 0 Å². The standard InChI is InChI=1S/C12H15NO3/c14-12(11-9-15-7-6-13-11)16-8-10-4-2-1-3-5-10/h1-5,11,13H,6-9H2/t11-/m1/s1. The van der Waals surface area contributed by atoms with E-state index in [4.69, 9.17) is 9.47 Å². The molecular formula is C12H15NO3. The molecule has 1 aromatic rings. The van der Waals surface area contributed by atoms with Crippen molar-refractivity contribution < 1.29 is 14.3 Å². The Morgan fingerprint density at radius 3 is 2.94 bits per heavy atom. The molecule has 1 heterocycles. The van der Waals surface area contributed by atoms with Crippen LogP contribution in [0.25, 0.3) is 0 Å². The molecule has 0 radical (unpaired) electrons. The van der Waals surface area contributed by atoms with Crippen LogP contribution in [-0.2, 0) is 20.9 Å². The summed E-state index contributed by atoms with van der Waals surface area (Å²) in [6, 6.07) is 9.31. The molecule has 1 aliphatic heterocycles. The third-order valence-corrected chi connectivity index (χ3v) is 2.43. The lowest BCUT2D eigenvalue weighted by molar-refractivity contribution is -0.150. The van der Waals surface area contributed by atoms with Gasteiger partial charge in [-0.15, -0.1) is 0 Å². The molecular weight excluding hydrogens is 206 g/mol. The van der Waals surface area contributed by atoms with Crippen LogP contribution in [0.1, 0.15) is 5.56 Å². The maximum atomic E-state index is 11.6. The van der Waals surface area contributed by atoms with Crippen LogP contribution in [-0.4, -0.2) is 31.8 Å². The number of hydrogen-bond acceptors (Lipinski definition) is 4. The summed E-state index contributed by atoms with van der Waals surface area (Å²) in [7, 11) is 0. The van der Waals surface area contributed by atoms with Gasteiger partial charge in [0.25, 0.3) is 0 Å². The zero-order valence-corrected chi connectivity index (χ0v) is 9.02. The average molecular weight is 221 g/mol. The lowest BCUT2D eigenvalue weighted by atomic mass is 10.2. The fourth-order valence-corrected chi connectivity index (χ4v) is 1.55. The van der Waals surface area contributed by atoms with Gasteiger partial charge in [0.15, 0.2) is 0 Å². The third kappa shape index (κ3) is 3.05. The molecule has 0 aromatic heterocycles. The Hall–Kier alpha value is -1.39. The Balaban J connectivity index is 1.79. The summed E-state index contributed by atoms with van der Waals surface area (Å²) in [6.45, 7) is 2.07. The molecule has 1 aromatic carbocycles. The predicted octanol–water partition coefficient (Wildman–Crippen LogP) is 0.718. The van der Waals surface area contributed by atoms with Crippen LogP contribution in [0.5, 0.6) is 0 Å². The fourth-order valence-electron chi connectivity index (χ4n) is 1.55. The Morgan fingerprint density at radius 1 is 1.44 bits per heavy atom. The summed E-state index contributed by atoms with van der Waals surface area (Å²) in [5, 5.41) is 3.06. The second-order valence-electron chi connectivity index (χ2n) is 3.67. The van der Waals surface area contributed by atoms with Crippen molar-refractivity contribution in [3.8, 4) is 0 Å². The van der Waals surface area contributed by atoms with E-state index in [9.17, 15) is 4.79 Å². The first-order valence-electron chi connectivity index (χ1n) is 5.38. The molecule has 0 bridgehead atoms. The molecule has 0 amide bonds. The van der Waals surface area contributed by atoms with E-state index in [-0.39, 0.29) is 12.0 Å². The summed E-state index contributed by atoms with van der Waals surface area (Å²) in [4.78, 5) is 11.6. The maximum absolute atomic E-state index is 11.6. The van der Waals surface area contributed by atoms with E-state index in [2.05, 4.69) is 5.32 Å². The van der Waals surface area contributed by atoms with Crippen LogP contribution >= 0.6 is 0 Å². The second-order valence-corrected chi connectivity index (χ2v) is 3.67. The number of carbonyl (C=O) groups is 1. The van der Waals surface area contributed by atoms with Gasteiger partial charge >= 0.3 is 5.97 Å². The van der Waals surface area contributed by atoms with E-state index < -0.39 is 0 Å². The Bertz CT molecular complexity index is 333. The molecule has 2 rings (SSSR count). The van der Waals surface area contributed by atoms with Crippen molar-refractivity contribution in [2.45, 2.75) is 12.6 Å². The third-order valence-electron chi connectivity index (χ3n) is 2.43. The van der Waals surface area contributed by atoms with E-state index in [1.165, 1.54) is 0 Å². The van der Waals surface area contributed by atoms with Gasteiger partial charge in [-0.1, -0.05) is 30.3 Å². The zero-order chi connectivity index (χ0) is 11.2. The van der Waals surface area contributed by atoms with Crippen molar-refractivity contribution in [1.82, 2.24) is 5.32 Å². The van der Waals surface area contributed by atoms with E-state index >= 15 is 0 Å². The number of hydrogen-bond donors (Lipinski definition) is 1. The molecule has 16 heavy (non-hydrogen) atoms. The molecule has 1 saturated heterocycles. The van der Waals surface area contributed by atoms with Gasteiger partial charge in [-0.2, -0.15) is 0 Å². The second kappa shape index (κ2) is 5.63. The first kappa shape index (κ1) is 11.1. The number of ether oxygens (including phenoxy) is 2. The fraction of sp³-hybridized carbons (Fsp3) is 0.417. The zero-order valence-electron chi connectivity index (χ0n) is 9.02. The van der Waals surface area contributed by atoms with Crippen LogP contribution < -0.4 is 5.32 Å². The first-order valence-corrected chi connectivity index (χ1v) is 5.38. The minimum Gasteiger partial charge on any atom is -0.460 e. The highest BCUT2D eigenvalue weighted by Crippen LogP contribution is 2.03. The van der Waals surface area contributed by atoms with Crippen LogP contribution in [0.15, 0.2) is 30.3 Å². The smallest absolute Gasteiger partial charge is 0.325 e. The van der Waals surface area contributed by atoms with Gasteiger partial charge in [0.05, 0.1) is 13.2 Å². The van der Waals surface area contributed by atoms with Gasteiger partial charge in [-0.05, 0) is 5.56 Å². The van der Waals surface area contributed by atoms with Crippen molar-refractivity contribution in [1.29, 1.82) is 0 Å². The molecule has 4 nitrogen and oxygen atoms in total. The highest BCUT2D eigenvalue weighted by atomic mass is 16.5. The number of esters is 1. The quantitative estimate of drug-likeness (QED) is 0.764. The topological polar surface area (TPSA) is 47.6 Å². The largest absolute Gasteiger partial charge is 0.460 e. The van der Waals surface area contributed by atoms with Crippen molar-refractivity contribution in [3.05, 3.63) is 35.9 Å². The molecule has 1 aliphatic rings. The Morgan fingerprint density at radius 2 is 2.25 bits per heavy atom. The van der Waals surface area contributed by atoms with Crippen LogP contribution in [0.4, 0.5) is 0 Å². The lowest BCUT2D eigenvalue weighted by Crippen LogP contribution is -2.47. The minimum atomic E-state index is -0.322. The molecule has 0 saturated carbocycles. The number of morpholine rings is 1. The van der Waals surface area contributed by atoms with E-state index in [1.807, 2.05) is 30.3 Å². The summed E-state index contributed by atoms with van der Waals surface area (Å²) >= 11 is 0. The summed E-state index contributed by atoms with van der Waals surface area (Å²) in [6.07, 6.45) is 0. The van der Waals surface area contributed by atoms with Crippen LogP contribution in [0.2, 0.25) is 0 Å². The SMILES string of the molecule is O=C(OCc1ccccc1)[C@H]1COCCN1. The maximum Gasteiger partial charge on any atom is 0.325 e. The molecule has 4 heteroatoms.